The molecule has 0 aromatic heterocycles. The van der Waals surface area contributed by atoms with Gasteiger partial charge in [0.1, 0.15) is 58.4 Å². The normalized spacial score (nSPS) is 11.6. The highest BCUT2D eigenvalue weighted by Gasteiger charge is 2.21. The molecule has 11 heteroatoms. The van der Waals surface area contributed by atoms with E-state index in [9.17, 15) is 51.1 Å². The summed E-state index contributed by atoms with van der Waals surface area (Å²) < 4.78 is 6.89. The number of phenolic OH excluding ortho intramolecular Hbond substituents is 10. The van der Waals surface area contributed by atoms with E-state index in [4.69, 9.17) is 4.74 Å². The SMILES string of the molecule is Cc1cc(Cc2cc3cccc(O)c3cc2O)c(OCc2cc(Cc3ccc4ccc(O)cc4c3O)c(O)c(Cc3ccc4cc(O)c(O)cc4c3O)c2)c(Cc2cc3cccc(O)c3cc2O)c1. The first kappa shape index (κ1) is 43.9. The zero-order valence-corrected chi connectivity index (χ0v) is 37.2. The summed E-state index contributed by atoms with van der Waals surface area (Å²) in [6.07, 6.45) is 0.533. The van der Waals surface area contributed by atoms with Gasteiger partial charge in [-0.1, -0.05) is 72.3 Å². The zero-order chi connectivity index (χ0) is 48.2. The van der Waals surface area contributed by atoms with Crippen LogP contribution in [0.1, 0.15) is 55.6 Å². The van der Waals surface area contributed by atoms with Crippen molar-refractivity contribution < 1.29 is 55.8 Å². The van der Waals surface area contributed by atoms with Gasteiger partial charge in [0.2, 0.25) is 0 Å². The van der Waals surface area contributed by atoms with Gasteiger partial charge in [-0.15, -0.1) is 0 Å². The summed E-state index contributed by atoms with van der Waals surface area (Å²) in [5, 5.41) is 114. The van der Waals surface area contributed by atoms with Crippen molar-refractivity contribution in [2.75, 3.05) is 0 Å². The number of aryl methyl sites for hydroxylation is 1. The maximum absolute atomic E-state index is 12.0. The number of hydrogen-bond donors (Lipinski definition) is 10. The molecule has 0 saturated heterocycles. The highest BCUT2D eigenvalue weighted by atomic mass is 16.5. The molecule has 0 spiro atoms. The van der Waals surface area contributed by atoms with Crippen LogP contribution in [0.25, 0.3) is 43.1 Å². The summed E-state index contributed by atoms with van der Waals surface area (Å²) >= 11 is 0. The molecule has 11 nitrogen and oxygen atoms in total. The van der Waals surface area contributed by atoms with Gasteiger partial charge in [0.05, 0.1) is 0 Å². The van der Waals surface area contributed by atoms with Gasteiger partial charge >= 0.3 is 0 Å². The lowest BCUT2D eigenvalue weighted by molar-refractivity contribution is 0.300. The predicted molar refractivity (Wildman–Crippen MR) is 266 cm³/mol. The van der Waals surface area contributed by atoms with E-state index in [1.165, 1.54) is 36.4 Å². The third kappa shape index (κ3) is 8.42. The average Bonchev–Trinajstić information content (AvgIpc) is 3.31. The van der Waals surface area contributed by atoms with Crippen LogP contribution in [-0.4, -0.2) is 51.1 Å². The molecular formula is C58H46O11. The van der Waals surface area contributed by atoms with E-state index >= 15 is 0 Å². The van der Waals surface area contributed by atoms with Crippen molar-refractivity contribution in [3.05, 3.63) is 195 Å². The van der Waals surface area contributed by atoms with Crippen molar-refractivity contribution in [1.82, 2.24) is 0 Å². The van der Waals surface area contributed by atoms with E-state index in [0.29, 0.717) is 77.0 Å². The minimum Gasteiger partial charge on any atom is -0.508 e. The molecule has 0 unspecified atom stereocenters. The standard InChI is InChI=1S/C58H46O11/c1-30-14-42(22-38-18-33-4-2-6-49(60)45(33)26-51(38)62)58(43(15-30)23-39-19-34-5-3-7-50(61)46(34)27-52(39)63)69-29-31-16-40(20-36-10-8-32-12-13-44(59)25-47(32)56(36)67)55(66)41(17-31)21-37-11-9-35-24-53(64)54(65)28-48(35)57(37)68/h2-19,24-28,59-68H,20-23,29H2,1H3. The highest BCUT2D eigenvalue weighted by molar-refractivity contribution is 5.93. The van der Waals surface area contributed by atoms with Gasteiger partial charge in [-0.2, -0.15) is 0 Å². The molecule has 0 radical (unpaired) electrons. The van der Waals surface area contributed by atoms with Crippen molar-refractivity contribution in [1.29, 1.82) is 0 Å². The molecule has 10 aromatic rings. The number of hydrogen-bond acceptors (Lipinski definition) is 11. The molecule has 0 amide bonds. The van der Waals surface area contributed by atoms with Crippen LogP contribution in [0.15, 0.2) is 140 Å². The fourth-order valence-electron chi connectivity index (χ4n) is 9.51. The van der Waals surface area contributed by atoms with Gasteiger partial charge in [0, 0.05) is 47.2 Å². The Balaban J connectivity index is 1.08. The van der Waals surface area contributed by atoms with Gasteiger partial charge in [-0.3, -0.25) is 0 Å². The molecule has 0 heterocycles. The van der Waals surface area contributed by atoms with Crippen LogP contribution >= 0.6 is 0 Å². The first-order valence-electron chi connectivity index (χ1n) is 22.2. The quantitative estimate of drug-likeness (QED) is 0.0552. The van der Waals surface area contributed by atoms with Crippen molar-refractivity contribution in [2.24, 2.45) is 0 Å². The first-order chi connectivity index (χ1) is 33.2. The Hall–Kier alpha value is -8.96. The van der Waals surface area contributed by atoms with E-state index < -0.39 is 5.75 Å². The van der Waals surface area contributed by atoms with E-state index in [1.807, 2.05) is 49.4 Å². The number of fused-ring (bicyclic) bond motifs is 4. The number of phenols is 10. The fraction of sp³-hybridized carbons (Fsp3) is 0.103. The van der Waals surface area contributed by atoms with E-state index in [1.54, 1.807) is 60.7 Å². The molecule has 10 N–H and O–H groups in total. The second-order valence-corrected chi connectivity index (χ2v) is 17.7. The summed E-state index contributed by atoms with van der Waals surface area (Å²) in [7, 11) is 0. The van der Waals surface area contributed by atoms with E-state index in [0.717, 1.165) is 27.5 Å². The molecule has 0 aliphatic rings. The summed E-state index contributed by atoms with van der Waals surface area (Å²) in [6, 6.07) is 38.8. The molecule has 0 fully saturated rings. The number of ether oxygens (including phenoxy) is 1. The Kier molecular flexibility index (Phi) is 11.0. The van der Waals surface area contributed by atoms with Crippen molar-refractivity contribution in [3.63, 3.8) is 0 Å². The molecule has 0 bridgehead atoms. The maximum Gasteiger partial charge on any atom is 0.158 e. The molecule has 0 saturated carbocycles. The van der Waals surface area contributed by atoms with E-state index in [2.05, 4.69) is 0 Å². The van der Waals surface area contributed by atoms with Crippen LogP contribution in [0, 0.1) is 6.92 Å². The van der Waals surface area contributed by atoms with Crippen molar-refractivity contribution in [3.8, 4) is 63.2 Å². The maximum atomic E-state index is 12.0. The minimum atomic E-state index is -0.400. The fourth-order valence-corrected chi connectivity index (χ4v) is 9.51. The van der Waals surface area contributed by atoms with Gasteiger partial charge in [0.25, 0.3) is 0 Å². The molecule has 0 aliphatic carbocycles. The molecule has 10 rings (SSSR count). The molecule has 0 atom stereocenters. The van der Waals surface area contributed by atoms with Crippen LogP contribution in [0.5, 0.6) is 63.2 Å². The third-order valence-electron chi connectivity index (χ3n) is 13.0. The summed E-state index contributed by atoms with van der Waals surface area (Å²) in [5.41, 5.74) is 5.85. The Morgan fingerprint density at radius 1 is 0.333 bits per heavy atom. The Bertz CT molecular complexity index is 3590. The number of aromatic hydroxyl groups is 10. The topological polar surface area (TPSA) is 212 Å². The number of rotatable bonds is 11. The third-order valence-corrected chi connectivity index (χ3v) is 13.0. The molecular weight excluding hydrogens is 873 g/mol. The Morgan fingerprint density at radius 3 is 1.36 bits per heavy atom. The van der Waals surface area contributed by atoms with Crippen molar-refractivity contribution >= 4 is 43.1 Å². The van der Waals surface area contributed by atoms with Crippen LogP contribution in [-0.2, 0) is 32.3 Å². The van der Waals surface area contributed by atoms with Crippen molar-refractivity contribution in [2.45, 2.75) is 39.2 Å². The van der Waals surface area contributed by atoms with Gasteiger partial charge in [-0.05, 0) is 151 Å². The minimum absolute atomic E-state index is 0.0157. The van der Waals surface area contributed by atoms with E-state index in [-0.39, 0.29) is 84.0 Å². The molecule has 69 heavy (non-hydrogen) atoms. The summed E-state index contributed by atoms with van der Waals surface area (Å²) in [5.74, 6) is -0.528. The van der Waals surface area contributed by atoms with Crippen LogP contribution in [0.2, 0.25) is 0 Å². The second kappa shape index (κ2) is 17.4. The van der Waals surface area contributed by atoms with Gasteiger partial charge in [-0.25, -0.2) is 0 Å². The smallest absolute Gasteiger partial charge is 0.158 e. The monoisotopic (exact) mass is 918 g/mol. The Labute approximate surface area is 395 Å². The van der Waals surface area contributed by atoms with Crippen LogP contribution in [0.4, 0.5) is 0 Å². The second-order valence-electron chi connectivity index (χ2n) is 17.7. The zero-order valence-electron chi connectivity index (χ0n) is 37.2. The molecule has 10 aromatic carbocycles. The summed E-state index contributed by atoms with van der Waals surface area (Å²) in [4.78, 5) is 0. The molecule has 0 aliphatic heterocycles. The van der Waals surface area contributed by atoms with Crippen LogP contribution in [0.3, 0.4) is 0 Å². The largest absolute Gasteiger partial charge is 0.508 e. The number of benzene rings is 10. The lowest BCUT2D eigenvalue weighted by Crippen LogP contribution is -2.06. The van der Waals surface area contributed by atoms with Gasteiger partial charge in [0.15, 0.2) is 11.5 Å². The lowest BCUT2D eigenvalue weighted by Gasteiger charge is -2.20. The Morgan fingerprint density at radius 2 is 0.797 bits per heavy atom. The predicted octanol–water partition coefficient (Wildman–Crippen LogP) is 11.6. The van der Waals surface area contributed by atoms with Gasteiger partial charge < -0.3 is 55.8 Å². The average molecular weight is 919 g/mol. The lowest BCUT2D eigenvalue weighted by atomic mass is 9.92. The van der Waals surface area contributed by atoms with Crippen LogP contribution < -0.4 is 4.74 Å². The summed E-state index contributed by atoms with van der Waals surface area (Å²) in [6.45, 7) is 1.90. The first-order valence-corrected chi connectivity index (χ1v) is 22.2. The highest BCUT2D eigenvalue weighted by Crippen LogP contribution is 2.42. The molecule has 344 valence electrons.